The van der Waals surface area contributed by atoms with Crippen LogP contribution >= 0.6 is 0 Å². The van der Waals surface area contributed by atoms with Crippen molar-refractivity contribution in [3.8, 4) is 5.69 Å². The highest BCUT2D eigenvalue weighted by Crippen LogP contribution is 2.23. The molecule has 1 aromatic heterocycles. The molecule has 0 N–H and O–H groups in total. The topological polar surface area (TPSA) is 85.7 Å². The standard InChI is InChI=1S/C20H11FN2O5/c21-13-4-3-5-14(10-13)22-11-12(8-9-17(22)24)20(27)28-23-18(25)15-6-1-2-7-16(15)19(23)26/h1-11H. The zero-order valence-electron chi connectivity index (χ0n) is 14.2. The van der Waals surface area contributed by atoms with Gasteiger partial charge < -0.3 is 4.84 Å². The average Bonchev–Trinajstić information content (AvgIpc) is 2.93. The summed E-state index contributed by atoms with van der Waals surface area (Å²) in [6.07, 6.45) is 1.15. The number of fused-ring (bicyclic) bond motifs is 1. The number of hydroxylamine groups is 2. The molecule has 8 heteroatoms. The van der Waals surface area contributed by atoms with Crippen LogP contribution in [0.4, 0.5) is 4.39 Å². The Labute approximate surface area is 157 Å². The highest BCUT2D eigenvalue weighted by Gasteiger charge is 2.38. The van der Waals surface area contributed by atoms with Crippen LogP contribution in [-0.2, 0) is 4.84 Å². The van der Waals surface area contributed by atoms with E-state index in [1.807, 2.05) is 0 Å². The molecule has 0 bridgehead atoms. The molecule has 0 atom stereocenters. The van der Waals surface area contributed by atoms with Crippen molar-refractivity contribution in [1.29, 1.82) is 0 Å². The van der Waals surface area contributed by atoms with Crippen LogP contribution in [0.3, 0.4) is 0 Å². The van der Waals surface area contributed by atoms with E-state index in [2.05, 4.69) is 0 Å². The maximum absolute atomic E-state index is 13.4. The monoisotopic (exact) mass is 378 g/mol. The van der Waals surface area contributed by atoms with Crippen LogP contribution in [-0.4, -0.2) is 27.4 Å². The minimum Gasteiger partial charge on any atom is -0.324 e. The summed E-state index contributed by atoms with van der Waals surface area (Å²) < 4.78 is 14.5. The number of rotatable bonds is 3. The summed E-state index contributed by atoms with van der Waals surface area (Å²) in [5.41, 5.74) is -0.126. The zero-order chi connectivity index (χ0) is 19.8. The minimum absolute atomic E-state index is 0.0968. The number of amides is 2. The number of hydrogen-bond acceptors (Lipinski definition) is 5. The molecule has 1 aliphatic heterocycles. The fraction of sp³-hybridized carbons (Fsp3) is 0. The predicted octanol–water partition coefficient (Wildman–Crippen LogP) is 2.34. The predicted molar refractivity (Wildman–Crippen MR) is 94.4 cm³/mol. The molecule has 2 aromatic carbocycles. The molecule has 28 heavy (non-hydrogen) atoms. The van der Waals surface area contributed by atoms with E-state index in [4.69, 9.17) is 4.84 Å². The van der Waals surface area contributed by atoms with E-state index in [0.29, 0.717) is 5.06 Å². The van der Waals surface area contributed by atoms with Gasteiger partial charge in [-0.25, -0.2) is 9.18 Å². The van der Waals surface area contributed by atoms with E-state index in [1.165, 1.54) is 36.4 Å². The van der Waals surface area contributed by atoms with E-state index in [9.17, 15) is 23.6 Å². The molecule has 0 fully saturated rings. The summed E-state index contributed by atoms with van der Waals surface area (Å²) in [4.78, 5) is 54.1. The summed E-state index contributed by atoms with van der Waals surface area (Å²) in [6, 6.07) is 13.6. The quantitative estimate of drug-likeness (QED) is 0.653. The number of imide groups is 1. The normalized spacial score (nSPS) is 12.8. The molecular weight excluding hydrogens is 367 g/mol. The summed E-state index contributed by atoms with van der Waals surface area (Å²) >= 11 is 0. The molecule has 7 nitrogen and oxygen atoms in total. The van der Waals surface area contributed by atoms with E-state index in [0.717, 1.165) is 22.9 Å². The van der Waals surface area contributed by atoms with Crippen molar-refractivity contribution in [3.63, 3.8) is 0 Å². The average molecular weight is 378 g/mol. The highest BCUT2D eigenvalue weighted by molar-refractivity contribution is 6.21. The first-order valence-corrected chi connectivity index (χ1v) is 8.14. The van der Waals surface area contributed by atoms with Crippen LogP contribution in [0.5, 0.6) is 0 Å². The molecular formula is C20H11FN2O5. The van der Waals surface area contributed by atoms with Gasteiger partial charge in [0.25, 0.3) is 17.4 Å². The Morgan fingerprint density at radius 1 is 0.857 bits per heavy atom. The Kier molecular flexibility index (Phi) is 4.08. The lowest BCUT2D eigenvalue weighted by Crippen LogP contribution is -2.33. The van der Waals surface area contributed by atoms with Crippen LogP contribution in [0.25, 0.3) is 5.69 Å². The van der Waals surface area contributed by atoms with Gasteiger partial charge in [0, 0.05) is 12.3 Å². The third-order valence-electron chi connectivity index (χ3n) is 4.16. The van der Waals surface area contributed by atoms with E-state index in [1.54, 1.807) is 12.1 Å². The second-order valence-electron chi connectivity index (χ2n) is 5.93. The molecule has 0 aliphatic carbocycles. The molecule has 0 radical (unpaired) electrons. The van der Waals surface area contributed by atoms with Gasteiger partial charge in [-0.2, -0.15) is 0 Å². The van der Waals surface area contributed by atoms with Crippen molar-refractivity contribution in [2.24, 2.45) is 0 Å². The van der Waals surface area contributed by atoms with Gasteiger partial charge in [0.2, 0.25) is 0 Å². The molecule has 0 saturated heterocycles. The van der Waals surface area contributed by atoms with Crippen molar-refractivity contribution < 1.29 is 23.6 Å². The lowest BCUT2D eigenvalue weighted by atomic mass is 10.1. The zero-order valence-corrected chi connectivity index (χ0v) is 14.2. The first-order valence-electron chi connectivity index (χ1n) is 8.14. The molecule has 1 aliphatic rings. The molecule has 3 aromatic rings. The van der Waals surface area contributed by atoms with Gasteiger partial charge in [-0.15, -0.1) is 0 Å². The molecule has 0 unspecified atom stereocenters. The number of halogens is 1. The highest BCUT2D eigenvalue weighted by atomic mass is 19.1. The minimum atomic E-state index is -1.01. The van der Waals surface area contributed by atoms with E-state index >= 15 is 0 Å². The van der Waals surface area contributed by atoms with E-state index in [-0.39, 0.29) is 22.4 Å². The van der Waals surface area contributed by atoms with Gasteiger partial charge in [0.1, 0.15) is 5.82 Å². The number of carbonyl (C=O) groups excluding carboxylic acids is 3. The molecule has 2 heterocycles. The lowest BCUT2D eigenvalue weighted by molar-refractivity contribution is -0.0585. The first kappa shape index (κ1) is 17.3. The fourth-order valence-electron chi connectivity index (χ4n) is 2.82. The van der Waals surface area contributed by atoms with Gasteiger partial charge in [-0.05, 0) is 36.4 Å². The van der Waals surface area contributed by atoms with Crippen LogP contribution < -0.4 is 5.56 Å². The van der Waals surface area contributed by atoms with Crippen molar-refractivity contribution in [2.45, 2.75) is 0 Å². The summed E-state index contributed by atoms with van der Waals surface area (Å²) in [5, 5.41) is 0.380. The van der Waals surface area contributed by atoms with Crippen molar-refractivity contribution in [1.82, 2.24) is 9.63 Å². The number of pyridine rings is 1. The van der Waals surface area contributed by atoms with Crippen LogP contribution in [0.15, 0.2) is 71.7 Å². The van der Waals surface area contributed by atoms with Gasteiger partial charge in [-0.1, -0.05) is 23.3 Å². The number of aromatic nitrogens is 1. The molecule has 2 amide bonds. The lowest BCUT2D eigenvalue weighted by Gasteiger charge is -2.13. The third-order valence-corrected chi connectivity index (χ3v) is 4.16. The van der Waals surface area contributed by atoms with Crippen LogP contribution in [0, 0.1) is 5.82 Å². The smallest absolute Gasteiger partial charge is 0.324 e. The summed E-state index contributed by atoms with van der Waals surface area (Å²) in [6.45, 7) is 0. The first-order chi connectivity index (χ1) is 13.5. The Morgan fingerprint density at radius 2 is 1.54 bits per heavy atom. The summed E-state index contributed by atoms with van der Waals surface area (Å²) in [5.74, 6) is -3.08. The third kappa shape index (κ3) is 2.86. The molecule has 138 valence electrons. The largest absolute Gasteiger partial charge is 0.365 e. The fourth-order valence-corrected chi connectivity index (χ4v) is 2.82. The van der Waals surface area contributed by atoms with Gasteiger partial charge in [-0.3, -0.25) is 19.0 Å². The van der Waals surface area contributed by atoms with Crippen molar-refractivity contribution in [3.05, 3.63) is 99.7 Å². The number of hydrogen-bond donors (Lipinski definition) is 0. The SMILES string of the molecule is O=C(ON1C(=O)c2ccccc2C1=O)c1ccc(=O)n(-c2cccc(F)c2)c1. The van der Waals surface area contributed by atoms with Gasteiger partial charge in [0.15, 0.2) is 0 Å². The maximum Gasteiger partial charge on any atom is 0.365 e. The van der Waals surface area contributed by atoms with E-state index < -0.39 is 29.2 Å². The van der Waals surface area contributed by atoms with Crippen LogP contribution in [0.1, 0.15) is 31.1 Å². The molecule has 0 saturated carbocycles. The van der Waals surface area contributed by atoms with Crippen molar-refractivity contribution >= 4 is 17.8 Å². The number of benzene rings is 2. The van der Waals surface area contributed by atoms with Crippen molar-refractivity contribution in [2.75, 3.05) is 0 Å². The molecule has 0 spiro atoms. The van der Waals surface area contributed by atoms with Crippen LogP contribution in [0.2, 0.25) is 0 Å². The summed E-state index contributed by atoms with van der Waals surface area (Å²) in [7, 11) is 0. The Hall–Kier alpha value is -4.07. The second kappa shape index (κ2) is 6.58. The Balaban J connectivity index is 1.63. The number of nitrogens with zero attached hydrogens (tertiary/aromatic N) is 2. The molecule has 4 rings (SSSR count). The van der Waals surface area contributed by atoms with Gasteiger partial charge >= 0.3 is 5.97 Å². The number of carbonyl (C=O) groups is 3. The Bertz CT molecular complexity index is 1170. The van der Waals surface area contributed by atoms with Gasteiger partial charge in [0.05, 0.1) is 22.4 Å². The maximum atomic E-state index is 13.4. The second-order valence-corrected chi connectivity index (χ2v) is 5.93. The Morgan fingerprint density at radius 3 is 2.18 bits per heavy atom.